The zero-order valence-corrected chi connectivity index (χ0v) is 10.4. The van der Waals surface area contributed by atoms with Gasteiger partial charge in [0.2, 0.25) is 0 Å². The Morgan fingerprint density at radius 3 is 2.63 bits per heavy atom. The van der Waals surface area contributed by atoms with Crippen LogP contribution >= 0.6 is 0 Å². The fourth-order valence-corrected chi connectivity index (χ4v) is 1.67. The van der Waals surface area contributed by atoms with Crippen LogP contribution in [0.2, 0.25) is 0 Å². The summed E-state index contributed by atoms with van der Waals surface area (Å²) in [6.07, 6.45) is 0. The lowest BCUT2D eigenvalue weighted by atomic mass is 10.2. The van der Waals surface area contributed by atoms with Gasteiger partial charge in [-0.25, -0.2) is 8.78 Å². The molecular formula is C14H14F2N2O. The summed E-state index contributed by atoms with van der Waals surface area (Å²) in [4.78, 5) is 0. The Kier molecular flexibility index (Phi) is 3.85. The van der Waals surface area contributed by atoms with Gasteiger partial charge in [0, 0.05) is 24.2 Å². The van der Waals surface area contributed by atoms with Crippen molar-refractivity contribution in [1.29, 1.82) is 0 Å². The monoisotopic (exact) mass is 264 g/mol. The van der Waals surface area contributed by atoms with Crippen molar-refractivity contribution in [3.63, 3.8) is 0 Å². The number of nitrogens with one attached hydrogen (secondary N) is 1. The van der Waals surface area contributed by atoms with Crippen LogP contribution in [0.1, 0.15) is 5.56 Å². The molecule has 0 unspecified atom stereocenters. The van der Waals surface area contributed by atoms with Gasteiger partial charge in [0.25, 0.3) is 0 Å². The first kappa shape index (κ1) is 13.1. The minimum Gasteiger partial charge on any atom is -0.497 e. The third kappa shape index (κ3) is 3.13. The summed E-state index contributed by atoms with van der Waals surface area (Å²) in [5, 5.41) is 3.00. The first-order valence-corrected chi connectivity index (χ1v) is 5.71. The Balaban J connectivity index is 2.14. The highest BCUT2D eigenvalue weighted by Crippen LogP contribution is 2.25. The largest absolute Gasteiger partial charge is 0.497 e. The van der Waals surface area contributed by atoms with Crippen LogP contribution in [0, 0.1) is 11.6 Å². The van der Waals surface area contributed by atoms with Gasteiger partial charge < -0.3 is 15.8 Å². The number of hydrogen-bond donors (Lipinski definition) is 2. The molecule has 0 aliphatic rings. The molecule has 0 radical (unpaired) electrons. The first-order chi connectivity index (χ1) is 9.10. The van der Waals surface area contributed by atoms with Gasteiger partial charge in [0.15, 0.2) is 0 Å². The molecule has 0 aliphatic carbocycles. The molecular weight excluding hydrogens is 250 g/mol. The fourth-order valence-electron chi connectivity index (χ4n) is 1.67. The molecule has 0 aliphatic heterocycles. The smallest absolute Gasteiger partial charge is 0.131 e. The minimum absolute atomic E-state index is 0.212. The molecule has 0 amide bonds. The SMILES string of the molecule is COc1ccc(N)c(NCc2ccc(F)cc2F)c1. The maximum absolute atomic E-state index is 13.5. The van der Waals surface area contributed by atoms with Gasteiger partial charge >= 0.3 is 0 Å². The van der Waals surface area contributed by atoms with Crippen molar-refractivity contribution in [3.8, 4) is 5.75 Å². The molecule has 5 heteroatoms. The summed E-state index contributed by atoms with van der Waals surface area (Å²) in [7, 11) is 1.55. The number of ether oxygens (including phenoxy) is 1. The van der Waals surface area contributed by atoms with Gasteiger partial charge in [-0.3, -0.25) is 0 Å². The highest BCUT2D eigenvalue weighted by Gasteiger charge is 2.05. The second kappa shape index (κ2) is 5.56. The Morgan fingerprint density at radius 1 is 1.16 bits per heavy atom. The molecule has 2 aromatic carbocycles. The summed E-state index contributed by atoms with van der Waals surface area (Å²) in [5.41, 5.74) is 7.34. The van der Waals surface area contributed by atoms with E-state index in [-0.39, 0.29) is 6.54 Å². The molecule has 100 valence electrons. The highest BCUT2D eigenvalue weighted by atomic mass is 19.1. The van der Waals surface area contributed by atoms with E-state index < -0.39 is 11.6 Å². The molecule has 3 nitrogen and oxygen atoms in total. The predicted octanol–water partition coefficient (Wildman–Crippen LogP) is 3.17. The van der Waals surface area contributed by atoms with Crippen LogP contribution in [0.25, 0.3) is 0 Å². The molecule has 0 fully saturated rings. The van der Waals surface area contributed by atoms with Crippen LogP contribution in [0.15, 0.2) is 36.4 Å². The second-order valence-electron chi connectivity index (χ2n) is 4.04. The maximum Gasteiger partial charge on any atom is 0.131 e. The first-order valence-electron chi connectivity index (χ1n) is 5.71. The Bertz CT molecular complexity index is 588. The van der Waals surface area contributed by atoms with Crippen molar-refractivity contribution in [2.24, 2.45) is 0 Å². The molecule has 0 bridgehead atoms. The van der Waals surface area contributed by atoms with Crippen molar-refractivity contribution in [1.82, 2.24) is 0 Å². The quantitative estimate of drug-likeness (QED) is 0.834. The number of nitrogens with two attached hydrogens (primary N) is 1. The summed E-state index contributed by atoms with van der Waals surface area (Å²) in [6.45, 7) is 0.212. The van der Waals surface area contributed by atoms with E-state index in [0.717, 1.165) is 6.07 Å². The average Bonchev–Trinajstić information content (AvgIpc) is 2.39. The van der Waals surface area contributed by atoms with Gasteiger partial charge in [0.1, 0.15) is 17.4 Å². The zero-order chi connectivity index (χ0) is 13.8. The van der Waals surface area contributed by atoms with Gasteiger partial charge in [-0.15, -0.1) is 0 Å². The minimum atomic E-state index is -0.595. The van der Waals surface area contributed by atoms with Gasteiger partial charge in [-0.05, 0) is 18.2 Å². The molecule has 0 atom stereocenters. The molecule has 19 heavy (non-hydrogen) atoms. The Morgan fingerprint density at radius 2 is 1.95 bits per heavy atom. The molecule has 2 rings (SSSR count). The summed E-state index contributed by atoms with van der Waals surface area (Å²) in [6, 6.07) is 8.62. The van der Waals surface area contributed by atoms with Crippen molar-refractivity contribution >= 4 is 11.4 Å². The molecule has 3 N–H and O–H groups in total. The van der Waals surface area contributed by atoms with Crippen LogP contribution < -0.4 is 15.8 Å². The topological polar surface area (TPSA) is 47.3 Å². The summed E-state index contributed by atoms with van der Waals surface area (Å²) >= 11 is 0. The molecule has 0 heterocycles. The van der Waals surface area contributed by atoms with E-state index in [1.165, 1.54) is 12.1 Å². The van der Waals surface area contributed by atoms with Crippen molar-refractivity contribution in [3.05, 3.63) is 53.6 Å². The van der Waals surface area contributed by atoms with E-state index in [0.29, 0.717) is 22.7 Å². The van der Waals surface area contributed by atoms with E-state index in [9.17, 15) is 8.78 Å². The van der Waals surface area contributed by atoms with Gasteiger partial charge in [0.05, 0.1) is 18.5 Å². The fraction of sp³-hybridized carbons (Fsp3) is 0.143. The van der Waals surface area contributed by atoms with Crippen molar-refractivity contribution < 1.29 is 13.5 Å². The summed E-state index contributed by atoms with van der Waals surface area (Å²) in [5.74, 6) is -0.535. The second-order valence-corrected chi connectivity index (χ2v) is 4.04. The van der Waals surface area contributed by atoms with Crippen LogP contribution in [0.5, 0.6) is 5.75 Å². The van der Waals surface area contributed by atoms with Crippen molar-refractivity contribution in [2.45, 2.75) is 6.54 Å². The van der Waals surface area contributed by atoms with E-state index >= 15 is 0 Å². The lowest BCUT2D eigenvalue weighted by Gasteiger charge is -2.11. The number of halogens is 2. The van der Waals surface area contributed by atoms with E-state index in [4.69, 9.17) is 10.5 Å². The number of hydrogen-bond acceptors (Lipinski definition) is 3. The third-order valence-corrected chi connectivity index (χ3v) is 2.74. The van der Waals surface area contributed by atoms with Crippen LogP contribution in [-0.4, -0.2) is 7.11 Å². The van der Waals surface area contributed by atoms with Crippen LogP contribution in [-0.2, 0) is 6.54 Å². The molecule has 0 aromatic heterocycles. The standard InChI is InChI=1S/C14H14F2N2O/c1-19-11-4-5-13(17)14(7-11)18-8-9-2-3-10(15)6-12(9)16/h2-7,18H,8,17H2,1H3. The Hall–Kier alpha value is -2.30. The number of anilines is 2. The molecule has 0 saturated carbocycles. The third-order valence-electron chi connectivity index (χ3n) is 2.74. The van der Waals surface area contributed by atoms with E-state index in [1.807, 2.05) is 0 Å². The number of methoxy groups -OCH3 is 1. The Labute approximate surface area is 110 Å². The summed E-state index contributed by atoms with van der Waals surface area (Å²) < 4.78 is 31.3. The number of rotatable bonds is 4. The lowest BCUT2D eigenvalue weighted by Crippen LogP contribution is -2.04. The predicted molar refractivity (Wildman–Crippen MR) is 71.1 cm³/mol. The molecule has 2 aromatic rings. The molecule has 0 saturated heterocycles. The van der Waals surface area contributed by atoms with Crippen LogP contribution in [0.4, 0.5) is 20.2 Å². The van der Waals surface area contributed by atoms with Gasteiger partial charge in [-0.2, -0.15) is 0 Å². The lowest BCUT2D eigenvalue weighted by molar-refractivity contribution is 0.415. The molecule has 0 spiro atoms. The van der Waals surface area contributed by atoms with Crippen molar-refractivity contribution in [2.75, 3.05) is 18.2 Å². The van der Waals surface area contributed by atoms with E-state index in [1.54, 1.807) is 25.3 Å². The average molecular weight is 264 g/mol. The number of nitrogen functional groups attached to an aromatic ring is 1. The highest BCUT2D eigenvalue weighted by molar-refractivity contribution is 5.68. The van der Waals surface area contributed by atoms with E-state index in [2.05, 4.69) is 5.32 Å². The van der Waals surface area contributed by atoms with Crippen LogP contribution in [0.3, 0.4) is 0 Å². The maximum atomic E-state index is 13.5. The normalized spacial score (nSPS) is 10.3. The van der Waals surface area contributed by atoms with Gasteiger partial charge in [-0.1, -0.05) is 6.07 Å². The number of benzene rings is 2. The zero-order valence-electron chi connectivity index (χ0n) is 10.4.